The number of halogens is 1. The molecule has 23 heavy (non-hydrogen) atoms. The van der Waals surface area contributed by atoms with Gasteiger partial charge in [0.1, 0.15) is 5.75 Å². The van der Waals surface area contributed by atoms with Crippen LogP contribution in [0.5, 0.6) is 5.75 Å². The zero-order chi connectivity index (χ0) is 16.7. The van der Waals surface area contributed by atoms with Crippen molar-refractivity contribution in [3.8, 4) is 5.75 Å². The topological polar surface area (TPSA) is 38.3 Å². The van der Waals surface area contributed by atoms with Crippen molar-refractivity contribution in [3.05, 3.63) is 64.7 Å². The highest BCUT2D eigenvalue weighted by Crippen LogP contribution is 2.15. The average molecular weight is 332 g/mol. The number of amides is 1. The lowest BCUT2D eigenvalue weighted by Gasteiger charge is -2.17. The van der Waals surface area contributed by atoms with Gasteiger partial charge in [0.05, 0.1) is 0 Å². The molecule has 0 aliphatic rings. The summed E-state index contributed by atoms with van der Waals surface area (Å²) in [5.74, 6) is 0.646. The van der Waals surface area contributed by atoms with Crippen LogP contribution in [-0.2, 0) is 11.2 Å². The summed E-state index contributed by atoms with van der Waals surface area (Å²) in [6, 6.07) is 15.4. The summed E-state index contributed by atoms with van der Waals surface area (Å²) in [6.07, 6.45) is 0.923. The number of nitrogens with one attached hydrogen (secondary N) is 1. The molecule has 122 valence electrons. The van der Waals surface area contributed by atoms with E-state index in [0.29, 0.717) is 13.0 Å². The standard InChI is InChI=1S/C19H22ClNO2/c1-3-18(23-17-6-4-5-14(2)13-17)19(22)21-12-11-15-7-9-16(20)10-8-15/h4-10,13,18H,3,11-12H2,1-2H3,(H,21,22)/t18-/m1/s1. The van der Waals surface area contributed by atoms with Crippen molar-refractivity contribution in [1.29, 1.82) is 0 Å². The van der Waals surface area contributed by atoms with E-state index in [1.54, 1.807) is 0 Å². The van der Waals surface area contributed by atoms with Gasteiger partial charge in [0, 0.05) is 11.6 Å². The number of carbonyl (C=O) groups is 1. The molecule has 4 heteroatoms. The summed E-state index contributed by atoms with van der Waals surface area (Å²) < 4.78 is 5.80. The summed E-state index contributed by atoms with van der Waals surface area (Å²) in [7, 11) is 0. The van der Waals surface area contributed by atoms with Crippen LogP contribution in [0.2, 0.25) is 5.02 Å². The van der Waals surface area contributed by atoms with E-state index in [1.165, 1.54) is 0 Å². The zero-order valence-electron chi connectivity index (χ0n) is 13.5. The molecule has 0 spiro atoms. The second kappa shape index (κ2) is 8.59. The summed E-state index contributed by atoms with van der Waals surface area (Å²) in [5, 5.41) is 3.65. The molecule has 0 fully saturated rings. The van der Waals surface area contributed by atoms with Crippen molar-refractivity contribution < 1.29 is 9.53 Å². The van der Waals surface area contributed by atoms with E-state index in [4.69, 9.17) is 16.3 Å². The van der Waals surface area contributed by atoms with E-state index >= 15 is 0 Å². The Balaban J connectivity index is 1.83. The number of ether oxygens (including phenoxy) is 1. The lowest BCUT2D eigenvalue weighted by molar-refractivity contribution is -0.128. The number of hydrogen-bond acceptors (Lipinski definition) is 2. The van der Waals surface area contributed by atoms with Crippen LogP contribution in [0.15, 0.2) is 48.5 Å². The molecule has 3 nitrogen and oxygen atoms in total. The summed E-state index contributed by atoms with van der Waals surface area (Å²) in [5.41, 5.74) is 2.25. The number of benzene rings is 2. The highest BCUT2D eigenvalue weighted by Gasteiger charge is 2.17. The van der Waals surface area contributed by atoms with Crippen LogP contribution in [0.1, 0.15) is 24.5 Å². The fourth-order valence-electron chi connectivity index (χ4n) is 2.27. The molecule has 2 rings (SSSR count). The first-order valence-electron chi connectivity index (χ1n) is 7.84. The van der Waals surface area contributed by atoms with Crippen LogP contribution in [0.25, 0.3) is 0 Å². The largest absolute Gasteiger partial charge is 0.481 e. The number of carbonyl (C=O) groups excluding carboxylic acids is 1. The summed E-state index contributed by atoms with van der Waals surface area (Å²) >= 11 is 5.86. The predicted octanol–water partition coefficient (Wildman–Crippen LogP) is 4.16. The van der Waals surface area contributed by atoms with Crippen molar-refractivity contribution in [1.82, 2.24) is 5.32 Å². The lowest BCUT2D eigenvalue weighted by atomic mass is 10.1. The number of hydrogen-bond donors (Lipinski definition) is 1. The molecule has 0 heterocycles. The van der Waals surface area contributed by atoms with Gasteiger partial charge in [-0.3, -0.25) is 4.79 Å². The molecule has 1 N–H and O–H groups in total. The minimum absolute atomic E-state index is 0.0806. The van der Waals surface area contributed by atoms with E-state index < -0.39 is 6.10 Å². The van der Waals surface area contributed by atoms with E-state index in [9.17, 15) is 4.79 Å². The molecule has 0 saturated carbocycles. The maximum Gasteiger partial charge on any atom is 0.261 e. The second-order valence-electron chi connectivity index (χ2n) is 5.50. The van der Waals surface area contributed by atoms with Crippen molar-refractivity contribution >= 4 is 17.5 Å². The molecule has 0 aliphatic heterocycles. The van der Waals surface area contributed by atoms with Gasteiger partial charge in [-0.05, 0) is 55.2 Å². The molecule has 2 aromatic carbocycles. The molecule has 1 atom stereocenters. The van der Waals surface area contributed by atoms with Gasteiger partial charge in [-0.25, -0.2) is 0 Å². The van der Waals surface area contributed by atoms with Crippen LogP contribution in [-0.4, -0.2) is 18.6 Å². The average Bonchev–Trinajstić information content (AvgIpc) is 2.54. The molecule has 0 saturated heterocycles. The van der Waals surface area contributed by atoms with Gasteiger partial charge in [0.15, 0.2) is 6.10 Å². The van der Waals surface area contributed by atoms with Crippen molar-refractivity contribution in [2.75, 3.05) is 6.54 Å². The zero-order valence-corrected chi connectivity index (χ0v) is 14.3. The smallest absolute Gasteiger partial charge is 0.261 e. The Hall–Kier alpha value is -2.00. The Kier molecular flexibility index (Phi) is 6.48. The number of rotatable bonds is 7. The normalized spacial score (nSPS) is 11.8. The fourth-order valence-corrected chi connectivity index (χ4v) is 2.40. The Morgan fingerprint density at radius 2 is 1.96 bits per heavy atom. The Labute approximate surface area is 142 Å². The molecular weight excluding hydrogens is 310 g/mol. The maximum absolute atomic E-state index is 12.3. The third-order valence-corrected chi connectivity index (χ3v) is 3.81. The van der Waals surface area contributed by atoms with Gasteiger partial charge in [-0.2, -0.15) is 0 Å². The minimum atomic E-state index is -0.470. The predicted molar refractivity (Wildman–Crippen MR) is 94.1 cm³/mol. The van der Waals surface area contributed by atoms with Crippen molar-refractivity contribution in [2.45, 2.75) is 32.8 Å². The van der Waals surface area contributed by atoms with E-state index in [2.05, 4.69) is 5.32 Å². The molecule has 0 aromatic heterocycles. The van der Waals surface area contributed by atoms with Gasteiger partial charge >= 0.3 is 0 Å². The van der Waals surface area contributed by atoms with Crippen LogP contribution in [0.4, 0.5) is 0 Å². The molecule has 0 aliphatic carbocycles. The van der Waals surface area contributed by atoms with Gasteiger partial charge in [-0.1, -0.05) is 42.8 Å². The molecule has 0 unspecified atom stereocenters. The third kappa shape index (κ3) is 5.61. The Bertz CT molecular complexity index is 640. The highest BCUT2D eigenvalue weighted by atomic mass is 35.5. The first-order valence-corrected chi connectivity index (χ1v) is 8.21. The SMILES string of the molecule is CC[C@@H](Oc1cccc(C)c1)C(=O)NCCc1ccc(Cl)cc1. The van der Waals surface area contributed by atoms with Crippen molar-refractivity contribution in [3.63, 3.8) is 0 Å². The summed E-state index contributed by atoms with van der Waals surface area (Å²) in [4.78, 5) is 12.3. The van der Waals surface area contributed by atoms with Gasteiger partial charge in [-0.15, -0.1) is 0 Å². The third-order valence-electron chi connectivity index (χ3n) is 3.56. The number of aryl methyl sites for hydroxylation is 1. The Morgan fingerprint density at radius 1 is 1.22 bits per heavy atom. The molecule has 0 bridgehead atoms. The second-order valence-corrected chi connectivity index (χ2v) is 5.94. The van der Waals surface area contributed by atoms with Crippen LogP contribution < -0.4 is 10.1 Å². The van der Waals surface area contributed by atoms with Crippen molar-refractivity contribution in [2.24, 2.45) is 0 Å². The van der Waals surface area contributed by atoms with Gasteiger partial charge in [0.2, 0.25) is 0 Å². The van der Waals surface area contributed by atoms with Crippen LogP contribution >= 0.6 is 11.6 Å². The summed E-state index contributed by atoms with van der Waals surface area (Å²) in [6.45, 7) is 4.52. The minimum Gasteiger partial charge on any atom is -0.481 e. The van der Waals surface area contributed by atoms with Gasteiger partial charge < -0.3 is 10.1 Å². The molecular formula is C19H22ClNO2. The van der Waals surface area contributed by atoms with Gasteiger partial charge in [0.25, 0.3) is 5.91 Å². The van der Waals surface area contributed by atoms with Crippen LogP contribution in [0, 0.1) is 6.92 Å². The van der Waals surface area contributed by atoms with E-state index in [0.717, 1.165) is 28.3 Å². The Morgan fingerprint density at radius 3 is 2.61 bits per heavy atom. The molecule has 0 radical (unpaired) electrons. The first kappa shape index (κ1) is 17.4. The quantitative estimate of drug-likeness (QED) is 0.827. The monoisotopic (exact) mass is 331 g/mol. The molecule has 1 amide bonds. The lowest BCUT2D eigenvalue weighted by Crippen LogP contribution is -2.38. The van der Waals surface area contributed by atoms with Crippen LogP contribution in [0.3, 0.4) is 0 Å². The molecule has 2 aromatic rings. The van der Waals surface area contributed by atoms with E-state index in [-0.39, 0.29) is 5.91 Å². The fraction of sp³-hybridized carbons (Fsp3) is 0.316. The maximum atomic E-state index is 12.3. The van der Waals surface area contributed by atoms with E-state index in [1.807, 2.05) is 62.4 Å². The highest BCUT2D eigenvalue weighted by molar-refractivity contribution is 6.30. The first-order chi connectivity index (χ1) is 11.1.